The van der Waals surface area contributed by atoms with Crippen molar-refractivity contribution in [1.82, 2.24) is 0 Å². The van der Waals surface area contributed by atoms with Crippen LogP contribution in [0.1, 0.15) is 32.3 Å². The zero-order valence-electron chi connectivity index (χ0n) is 9.87. The topological polar surface area (TPSA) is 26.3 Å². The summed E-state index contributed by atoms with van der Waals surface area (Å²) in [6.45, 7) is 6.32. The van der Waals surface area contributed by atoms with Crippen molar-refractivity contribution < 1.29 is 9.53 Å². The lowest BCUT2D eigenvalue weighted by atomic mass is 9.88. The zero-order valence-corrected chi connectivity index (χ0v) is 11.5. The molecule has 0 aromatic heterocycles. The third-order valence-electron chi connectivity index (χ3n) is 2.44. The first-order valence-corrected chi connectivity index (χ1v) is 6.27. The van der Waals surface area contributed by atoms with E-state index in [4.69, 9.17) is 4.74 Å². The molecule has 16 heavy (non-hydrogen) atoms. The Kier molecular flexibility index (Phi) is 5.00. The second-order valence-corrected chi connectivity index (χ2v) is 4.94. The van der Waals surface area contributed by atoms with Crippen LogP contribution < -0.4 is 0 Å². The SMILES string of the molecule is CCOC(=O)[C@@H](c1ccc(Br)cc1)C(C)C. The molecule has 0 aliphatic rings. The van der Waals surface area contributed by atoms with E-state index in [1.165, 1.54) is 0 Å². The lowest BCUT2D eigenvalue weighted by Gasteiger charge is -2.19. The van der Waals surface area contributed by atoms with Crippen LogP contribution in [0.25, 0.3) is 0 Å². The Morgan fingerprint density at radius 2 is 1.88 bits per heavy atom. The highest BCUT2D eigenvalue weighted by molar-refractivity contribution is 9.10. The van der Waals surface area contributed by atoms with Crippen molar-refractivity contribution in [2.45, 2.75) is 26.7 Å². The summed E-state index contributed by atoms with van der Waals surface area (Å²) in [4.78, 5) is 11.8. The number of benzene rings is 1. The summed E-state index contributed by atoms with van der Waals surface area (Å²) in [7, 11) is 0. The summed E-state index contributed by atoms with van der Waals surface area (Å²) < 4.78 is 6.12. The predicted octanol–water partition coefficient (Wildman–Crippen LogP) is 3.75. The molecule has 0 aliphatic carbocycles. The summed E-state index contributed by atoms with van der Waals surface area (Å²) >= 11 is 3.38. The van der Waals surface area contributed by atoms with Crippen LogP contribution in [0.5, 0.6) is 0 Å². The van der Waals surface area contributed by atoms with E-state index < -0.39 is 0 Å². The molecule has 0 saturated heterocycles. The molecule has 0 bridgehead atoms. The molecule has 1 atom stereocenters. The molecule has 3 heteroatoms. The molecule has 0 amide bonds. The van der Waals surface area contributed by atoms with Crippen LogP contribution in [-0.2, 0) is 9.53 Å². The van der Waals surface area contributed by atoms with Gasteiger partial charge in [-0.2, -0.15) is 0 Å². The summed E-state index contributed by atoms with van der Waals surface area (Å²) in [5.41, 5.74) is 1.01. The van der Waals surface area contributed by atoms with Crippen LogP contribution in [0, 0.1) is 5.92 Å². The molecule has 0 aliphatic heterocycles. The van der Waals surface area contributed by atoms with Gasteiger partial charge in [0.25, 0.3) is 0 Å². The number of rotatable bonds is 4. The Hall–Kier alpha value is -0.830. The molecule has 1 aromatic carbocycles. The molecule has 0 heterocycles. The number of ether oxygens (including phenoxy) is 1. The van der Waals surface area contributed by atoms with Crippen LogP contribution in [0.2, 0.25) is 0 Å². The van der Waals surface area contributed by atoms with E-state index in [0.717, 1.165) is 10.0 Å². The zero-order chi connectivity index (χ0) is 12.1. The molecule has 0 N–H and O–H groups in total. The Morgan fingerprint density at radius 3 is 2.31 bits per heavy atom. The Morgan fingerprint density at radius 1 is 1.31 bits per heavy atom. The molecule has 0 unspecified atom stereocenters. The molecule has 2 nitrogen and oxygen atoms in total. The number of esters is 1. The number of hydrogen-bond donors (Lipinski definition) is 0. The van der Waals surface area contributed by atoms with Gasteiger partial charge in [-0.05, 0) is 30.5 Å². The minimum atomic E-state index is -0.173. The third kappa shape index (κ3) is 3.34. The van der Waals surface area contributed by atoms with Gasteiger partial charge >= 0.3 is 5.97 Å². The highest BCUT2D eigenvalue weighted by Crippen LogP contribution is 2.27. The fourth-order valence-electron chi connectivity index (χ4n) is 1.70. The summed E-state index contributed by atoms with van der Waals surface area (Å²) in [6, 6.07) is 7.82. The van der Waals surface area contributed by atoms with E-state index in [0.29, 0.717) is 6.61 Å². The molecule has 0 radical (unpaired) electrons. The van der Waals surface area contributed by atoms with Gasteiger partial charge in [-0.15, -0.1) is 0 Å². The summed E-state index contributed by atoms with van der Waals surface area (Å²) in [6.07, 6.45) is 0. The molecule has 0 spiro atoms. The van der Waals surface area contributed by atoms with Crippen molar-refractivity contribution in [3.63, 3.8) is 0 Å². The van der Waals surface area contributed by atoms with E-state index in [1.54, 1.807) is 0 Å². The first-order chi connectivity index (χ1) is 7.56. The Bertz CT molecular complexity index is 343. The van der Waals surface area contributed by atoms with E-state index in [1.807, 2.05) is 45.0 Å². The second-order valence-electron chi connectivity index (χ2n) is 4.03. The maximum atomic E-state index is 11.8. The van der Waals surface area contributed by atoms with Gasteiger partial charge < -0.3 is 4.74 Å². The van der Waals surface area contributed by atoms with E-state index in [-0.39, 0.29) is 17.8 Å². The fourth-order valence-corrected chi connectivity index (χ4v) is 1.96. The Labute approximate surface area is 105 Å². The van der Waals surface area contributed by atoms with Crippen molar-refractivity contribution in [1.29, 1.82) is 0 Å². The average molecular weight is 285 g/mol. The standard InChI is InChI=1S/C13H17BrO2/c1-4-16-13(15)12(9(2)3)10-5-7-11(14)8-6-10/h5-9,12H,4H2,1-3H3/t12-/m1/s1. The predicted molar refractivity (Wildman–Crippen MR) is 68.4 cm³/mol. The molecular formula is C13H17BrO2. The summed E-state index contributed by atoms with van der Waals surface area (Å²) in [5, 5.41) is 0. The van der Waals surface area contributed by atoms with Crippen molar-refractivity contribution in [2.75, 3.05) is 6.61 Å². The van der Waals surface area contributed by atoms with Crippen LogP contribution >= 0.6 is 15.9 Å². The molecule has 0 saturated carbocycles. The largest absolute Gasteiger partial charge is 0.466 e. The van der Waals surface area contributed by atoms with Crippen molar-refractivity contribution in [3.05, 3.63) is 34.3 Å². The number of hydrogen-bond acceptors (Lipinski definition) is 2. The lowest BCUT2D eigenvalue weighted by Crippen LogP contribution is -2.20. The minimum Gasteiger partial charge on any atom is -0.466 e. The molecule has 0 fully saturated rings. The second kappa shape index (κ2) is 6.04. The molecule has 88 valence electrons. The van der Waals surface area contributed by atoms with Crippen LogP contribution in [-0.4, -0.2) is 12.6 Å². The maximum absolute atomic E-state index is 11.8. The molecule has 1 rings (SSSR count). The van der Waals surface area contributed by atoms with Crippen LogP contribution in [0.15, 0.2) is 28.7 Å². The number of carbonyl (C=O) groups excluding carboxylic acids is 1. The monoisotopic (exact) mass is 284 g/mol. The van der Waals surface area contributed by atoms with E-state index in [2.05, 4.69) is 15.9 Å². The van der Waals surface area contributed by atoms with Gasteiger partial charge in [-0.3, -0.25) is 4.79 Å². The molecule has 1 aromatic rings. The lowest BCUT2D eigenvalue weighted by molar-refractivity contribution is -0.146. The molecular weight excluding hydrogens is 268 g/mol. The van der Waals surface area contributed by atoms with Crippen LogP contribution in [0.4, 0.5) is 0 Å². The van der Waals surface area contributed by atoms with Gasteiger partial charge in [-0.25, -0.2) is 0 Å². The van der Waals surface area contributed by atoms with Gasteiger partial charge in [0.15, 0.2) is 0 Å². The van der Waals surface area contributed by atoms with Crippen molar-refractivity contribution in [3.8, 4) is 0 Å². The quantitative estimate of drug-likeness (QED) is 0.787. The first kappa shape index (κ1) is 13.2. The van der Waals surface area contributed by atoms with Gasteiger partial charge in [0, 0.05) is 4.47 Å². The van der Waals surface area contributed by atoms with Gasteiger partial charge in [0.2, 0.25) is 0 Å². The third-order valence-corrected chi connectivity index (χ3v) is 2.96. The minimum absolute atomic E-state index is 0.139. The smallest absolute Gasteiger partial charge is 0.313 e. The first-order valence-electron chi connectivity index (χ1n) is 5.48. The van der Waals surface area contributed by atoms with Gasteiger partial charge in [0.1, 0.15) is 0 Å². The number of halogens is 1. The van der Waals surface area contributed by atoms with Crippen molar-refractivity contribution >= 4 is 21.9 Å². The van der Waals surface area contributed by atoms with Gasteiger partial charge in [-0.1, -0.05) is 41.9 Å². The normalized spacial score (nSPS) is 12.6. The van der Waals surface area contributed by atoms with Gasteiger partial charge in [0.05, 0.1) is 12.5 Å². The number of carbonyl (C=O) groups is 1. The van der Waals surface area contributed by atoms with E-state index >= 15 is 0 Å². The maximum Gasteiger partial charge on any atom is 0.313 e. The van der Waals surface area contributed by atoms with Crippen molar-refractivity contribution in [2.24, 2.45) is 5.92 Å². The summed E-state index contributed by atoms with van der Waals surface area (Å²) in [5.74, 6) is -0.0758. The highest BCUT2D eigenvalue weighted by atomic mass is 79.9. The average Bonchev–Trinajstić information content (AvgIpc) is 2.21. The fraction of sp³-hybridized carbons (Fsp3) is 0.462. The Balaban J connectivity index is 2.93. The van der Waals surface area contributed by atoms with Crippen LogP contribution in [0.3, 0.4) is 0 Å². The van der Waals surface area contributed by atoms with E-state index in [9.17, 15) is 4.79 Å². The highest BCUT2D eigenvalue weighted by Gasteiger charge is 2.25.